The molecule has 63 heavy (non-hydrogen) atoms. The summed E-state index contributed by atoms with van der Waals surface area (Å²) in [5.74, 6) is 7.69. The third-order valence-electron chi connectivity index (χ3n) is 12.0. The van der Waals surface area contributed by atoms with Gasteiger partial charge in [0.25, 0.3) is 0 Å². The van der Waals surface area contributed by atoms with Gasteiger partial charge in [0.15, 0.2) is 0 Å². The molecule has 0 saturated carbocycles. The fourth-order valence-electron chi connectivity index (χ4n) is 8.76. The first-order valence-corrected chi connectivity index (χ1v) is 21.2. The zero-order chi connectivity index (χ0) is 42.0. The van der Waals surface area contributed by atoms with Gasteiger partial charge in [-0.25, -0.2) is 4.98 Å². The van der Waals surface area contributed by atoms with Crippen LogP contribution in [0.1, 0.15) is 43.0 Å². The van der Waals surface area contributed by atoms with Gasteiger partial charge >= 0.3 is 6.85 Å². The summed E-state index contributed by atoms with van der Waals surface area (Å²) in [5.41, 5.74) is 12.0. The predicted octanol–water partition coefficient (Wildman–Crippen LogP) is 13.2. The van der Waals surface area contributed by atoms with Crippen molar-refractivity contribution in [2.24, 2.45) is 0 Å². The Kier molecular flexibility index (Phi) is 10.3. The maximum atomic E-state index is 6.65. The molecule has 3 aliphatic rings. The van der Waals surface area contributed by atoms with E-state index < -0.39 is 0 Å². The van der Waals surface area contributed by atoms with E-state index in [-0.39, 0.29) is 33.3 Å². The molecule has 0 atom stereocenters. The van der Waals surface area contributed by atoms with Crippen molar-refractivity contribution in [3.8, 4) is 17.3 Å². The molecular weight excluding hydrogens is 953 g/mol. The van der Waals surface area contributed by atoms with Gasteiger partial charge in [-0.05, 0) is 70.3 Å². The number of aromatic nitrogens is 2. The number of ether oxygens (including phenoxy) is 1. The largest absolute Gasteiger partial charge is 0.509 e. The number of hydrogen-bond donors (Lipinski definition) is 0. The summed E-state index contributed by atoms with van der Waals surface area (Å²) in [6, 6.07) is 58.1. The molecule has 0 saturated heterocycles. The van der Waals surface area contributed by atoms with Crippen molar-refractivity contribution in [3.05, 3.63) is 229 Å². The van der Waals surface area contributed by atoms with Crippen molar-refractivity contribution >= 4 is 56.9 Å². The number of allylic oxidation sites excluding steroid dienone is 4. The van der Waals surface area contributed by atoms with E-state index in [1.165, 1.54) is 16.7 Å². The average Bonchev–Trinajstić information content (AvgIpc) is 3.85. The first-order chi connectivity index (χ1) is 30.3. The summed E-state index contributed by atoms with van der Waals surface area (Å²) in [6.07, 6.45) is 8.70. The number of rotatable bonds is 7. The zero-order valence-corrected chi connectivity index (χ0v) is 37.7. The SMILES string of the molecule is Cc1ccc(C2=C(N3[CH-]N(c4[c-]c(Oc5[c-]c6c(cc5)c5ccccc5n6-c5cc(C(C)(C)C)ccn5)ccc4)c4ccccc43)N3C=C(c4ccccc4)C=CB3C=C2)cc1.[Pt]. The molecule has 0 unspecified atom stereocenters. The fourth-order valence-corrected chi connectivity index (χ4v) is 8.76. The van der Waals surface area contributed by atoms with Crippen molar-refractivity contribution in [3.63, 3.8) is 0 Å². The molecule has 0 aliphatic carbocycles. The minimum atomic E-state index is -0.0242. The smallest absolute Gasteiger partial charge is 0.314 e. The molecule has 0 radical (unpaired) electrons. The Morgan fingerprint density at radius 2 is 1.40 bits per heavy atom. The minimum absolute atomic E-state index is 0. The molecule has 3 aliphatic heterocycles. The van der Waals surface area contributed by atoms with Crippen LogP contribution in [-0.2, 0) is 26.5 Å². The Hall–Kier alpha value is -6.82. The van der Waals surface area contributed by atoms with Crippen LogP contribution in [0.3, 0.4) is 0 Å². The van der Waals surface area contributed by atoms with E-state index >= 15 is 0 Å². The molecule has 11 rings (SSSR count). The van der Waals surface area contributed by atoms with Gasteiger partial charge in [0.1, 0.15) is 5.82 Å². The van der Waals surface area contributed by atoms with Crippen molar-refractivity contribution < 1.29 is 25.8 Å². The number of para-hydroxylation sites is 3. The summed E-state index contributed by atoms with van der Waals surface area (Å²) in [7, 11) is 0. The maximum absolute atomic E-state index is 6.65. The van der Waals surface area contributed by atoms with Gasteiger partial charge in [0.2, 0.25) is 0 Å². The van der Waals surface area contributed by atoms with E-state index in [0.717, 1.165) is 67.2 Å². The molecule has 6 aromatic carbocycles. The Bertz CT molecular complexity index is 3160. The third kappa shape index (κ3) is 7.30. The number of benzene rings is 6. The quantitative estimate of drug-likeness (QED) is 0.117. The van der Waals surface area contributed by atoms with Crippen molar-refractivity contribution in [1.29, 1.82) is 0 Å². The zero-order valence-electron chi connectivity index (χ0n) is 35.4. The van der Waals surface area contributed by atoms with Gasteiger partial charge in [0, 0.05) is 67.4 Å². The molecule has 2 aromatic heterocycles. The van der Waals surface area contributed by atoms with Crippen molar-refractivity contribution in [2.45, 2.75) is 33.1 Å². The second-order valence-corrected chi connectivity index (χ2v) is 17.1. The normalized spacial score (nSPS) is 14.6. The van der Waals surface area contributed by atoms with Crippen LogP contribution < -0.4 is 14.5 Å². The predicted molar refractivity (Wildman–Crippen MR) is 255 cm³/mol. The maximum Gasteiger partial charge on any atom is 0.314 e. The van der Waals surface area contributed by atoms with Gasteiger partial charge < -0.3 is 23.9 Å². The van der Waals surface area contributed by atoms with E-state index in [9.17, 15) is 0 Å². The molecule has 6 nitrogen and oxygen atoms in total. The first kappa shape index (κ1) is 40.3. The topological polar surface area (TPSA) is 36.8 Å². The second kappa shape index (κ2) is 16.1. The van der Waals surface area contributed by atoms with Crippen LogP contribution >= 0.6 is 0 Å². The molecule has 8 aromatic rings. The van der Waals surface area contributed by atoms with Gasteiger partial charge in [-0.3, -0.25) is 0 Å². The number of fused-ring (bicyclic) bond motifs is 5. The monoisotopic (exact) mass is 995 g/mol. The van der Waals surface area contributed by atoms with E-state index in [4.69, 9.17) is 9.72 Å². The van der Waals surface area contributed by atoms with E-state index in [2.05, 4.69) is 223 Å². The molecule has 310 valence electrons. The van der Waals surface area contributed by atoms with Crippen LogP contribution in [0.25, 0.3) is 38.8 Å². The third-order valence-corrected chi connectivity index (χ3v) is 12.0. The molecular formula is C55H43BN5OPt-3. The van der Waals surface area contributed by atoms with Crippen LogP contribution in [0.2, 0.25) is 0 Å². The molecule has 0 amide bonds. The number of hydrogen-bond acceptors (Lipinski definition) is 5. The molecule has 0 fully saturated rings. The number of pyridine rings is 1. The number of nitrogens with zero attached hydrogens (tertiary/aromatic N) is 5. The van der Waals surface area contributed by atoms with Crippen LogP contribution in [0.15, 0.2) is 188 Å². The van der Waals surface area contributed by atoms with Crippen molar-refractivity contribution in [2.75, 3.05) is 9.80 Å². The van der Waals surface area contributed by atoms with Gasteiger partial charge in [-0.15, -0.1) is 48.1 Å². The molecule has 8 heteroatoms. The van der Waals surface area contributed by atoms with Gasteiger partial charge in [0.05, 0.1) is 5.82 Å². The summed E-state index contributed by atoms with van der Waals surface area (Å²) in [4.78, 5) is 11.8. The van der Waals surface area contributed by atoms with Crippen LogP contribution in [-0.4, -0.2) is 21.2 Å². The van der Waals surface area contributed by atoms with Crippen LogP contribution in [0.4, 0.5) is 17.1 Å². The molecule has 5 heterocycles. The summed E-state index contributed by atoms with van der Waals surface area (Å²) < 4.78 is 8.84. The van der Waals surface area contributed by atoms with E-state index in [1.807, 2.05) is 24.4 Å². The van der Waals surface area contributed by atoms with Gasteiger partial charge in [-0.1, -0.05) is 141 Å². The summed E-state index contributed by atoms with van der Waals surface area (Å²) >= 11 is 0. The van der Waals surface area contributed by atoms with Gasteiger partial charge in [-0.2, -0.15) is 12.1 Å². The minimum Gasteiger partial charge on any atom is -0.509 e. The Balaban J connectivity index is 0.00000471. The first-order valence-electron chi connectivity index (χ1n) is 21.2. The Morgan fingerprint density at radius 1 is 0.667 bits per heavy atom. The second-order valence-electron chi connectivity index (χ2n) is 17.1. The number of aryl methyl sites for hydroxylation is 1. The van der Waals surface area contributed by atoms with E-state index in [0.29, 0.717) is 11.5 Å². The number of anilines is 3. The van der Waals surface area contributed by atoms with Crippen molar-refractivity contribution in [1.82, 2.24) is 14.4 Å². The van der Waals surface area contributed by atoms with E-state index in [1.54, 1.807) is 0 Å². The standard InChI is InChI=1S/C55H43BN5O.Pt/c1-38-21-23-40(24-22-38)46-28-31-56-30-27-41(39-13-6-5-7-14-39)36-60(56)54(46)59-37-58(50-19-10-11-20-51(50)59)43-15-12-16-44(34-43)62-45-25-26-48-47-17-8-9-18-49(47)61(52(48)35-45)53-33-42(29-32-57-53)55(2,3)4;/h5-33,36-37H,1-4H3;/q-3;. The molecule has 0 bridgehead atoms. The van der Waals surface area contributed by atoms with Crippen LogP contribution in [0, 0.1) is 25.7 Å². The Labute approximate surface area is 384 Å². The Morgan fingerprint density at radius 3 is 2.21 bits per heavy atom. The summed E-state index contributed by atoms with van der Waals surface area (Å²) in [6.45, 7) is 11.0. The summed E-state index contributed by atoms with van der Waals surface area (Å²) in [5, 5.41) is 2.23. The molecule has 0 spiro atoms. The molecule has 0 N–H and O–H groups in total. The fraction of sp³-hybridized carbons (Fsp3) is 0.0909. The van der Waals surface area contributed by atoms with Crippen LogP contribution in [0.5, 0.6) is 11.5 Å². The average molecular weight is 996 g/mol.